The molecule has 0 spiro atoms. The highest BCUT2D eigenvalue weighted by Crippen LogP contribution is 2.27. The molecule has 0 aromatic rings. The van der Waals surface area contributed by atoms with Crippen molar-refractivity contribution in [2.24, 2.45) is 5.92 Å². The average Bonchev–Trinajstić information content (AvgIpc) is 2.31. The normalized spacial score (nSPS) is 36.6. The molecule has 1 aliphatic heterocycles. The average molecular weight is 242 g/mol. The van der Waals surface area contributed by atoms with E-state index in [1.807, 2.05) is 0 Å². The molecule has 0 amide bonds. The van der Waals surface area contributed by atoms with Crippen LogP contribution in [0.2, 0.25) is 0 Å². The highest BCUT2D eigenvalue weighted by atomic mass is 32.2. The monoisotopic (exact) mass is 242 g/mol. The lowest BCUT2D eigenvalue weighted by Gasteiger charge is -2.38. The summed E-state index contributed by atoms with van der Waals surface area (Å²) in [5, 5.41) is 3.64. The van der Waals surface area contributed by atoms with Crippen molar-refractivity contribution in [3.63, 3.8) is 0 Å². The molecule has 0 aromatic carbocycles. The van der Waals surface area contributed by atoms with Gasteiger partial charge in [-0.25, -0.2) is 0 Å². The molecule has 1 heterocycles. The quantitative estimate of drug-likeness (QED) is 0.817. The molecule has 0 aromatic heterocycles. The van der Waals surface area contributed by atoms with Crippen molar-refractivity contribution >= 4 is 11.8 Å². The van der Waals surface area contributed by atoms with Gasteiger partial charge in [-0.2, -0.15) is 11.8 Å². The number of nitrogens with zero attached hydrogens (tertiary/aromatic N) is 1. The fraction of sp³-hybridized carbons (Fsp3) is 1.00. The molecule has 3 unspecified atom stereocenters. The first-order valence-corrected chi connectivity index (χ1v) is 7.94. The zero-order valence-corrected chi connectivity index (χ0v) is 11.6. The minimum Gasteiger partial charge on any atom is -0.311 e. The smallest absolute Gasteiger partial charge is 0.0285 e. The lowest BCUT2D eigenvalue weighted by Crippen LogP contribution is -2.49. The van der Waals surface area contributed by atoms with Crippen molar-refractivity contribution in [2.75, 3.05) is 31.6 Å². The van der Waals surface area contributed by atoms with Crippen molar-refractivity contribution in [3.8, 4) is 0 Å². The first-order chi connectivity index (χ1) is 7.77. The van der Waals surface area contributed by atoms with E-state index in [1.54, 1.807) is 0 Å². The van der Waals surface area contributed by atoms with Gasteiger partial charge in [0.1, 0.15) is 0 Å². The number of hydrogen-bond donors (Lipinski definition) is 1. The molecule has 1 aliphatic carbocycles. The molecular weight excluding hydrogens is 216 g/mol. The van der Waals surface area contributed by atoms with Gasteiger partial charge in [0.25, 0.3) is 0 Å². The van der Waals surface area contributed by atoms with Crippen molar-refractivity contribution in [1.82, 2.24) is 10.2 Å². The minimum atomic E-state index is 0.720. The first-order valence-electron chi connectivity index (χ1n) is 6.78. The van der Waals surface area contributed by atoms with E-state index in [0.717, 1.165) is 18.0 Å². The third-order valence-corrected chi connectivity index (χ3v) is 5.27. The van der Waals surface area contributed by atoms with Crippen LogP contribution in [0.1, 0.15) is 32.6 Å². The van der Waals surface area contributed by atoms with Gasteiger partial charge in [0.2, 0.25) is 0 Å². The summed E-state index contributed by atoms with van der Waals surface area (Å²) in [6.45, 7) is 4.87. The van der Waals surface area contributed by atoms with Gasteiger partial charge in [0.15, 0.2) is 0 Å². The predicted octanol–water partition coefficient (Wildman–Crippen LogP) is 2.20. The third kappa shape index (κ3) is 3.38. The Morgan fingerprint density at radius 2 is 2.12 bits per heavy atom. The molecule has 1 saturated carbocycles. The maximum absolute atomic E-state index is 3.64. The second-order valence-corrected chi connectivity index (χ2v) is 6.64. The molecule has 3 heteroatoms. The summed E-state index contributed by atoms with van der Waals surface area (Å²) in [4.78, 5) is 2.62. The molecule has 2 rings (SSSR count). The maximum Gasteiger partial charge on any atom is 0.0285 e. The Morgan fingerprint density at radius 3 is 2.81 bits per heavy atom. The van der Waals surface area contributed by atoms with E-state index in [-0.39, 0.29) is 0 Å². The van der Waals surface area contributed by atoms with Gasteiger partial charge in [0, 0.05) is 36.7 Å². The van der Waals surface area contributed by atoms with E-state index in [0.29, 0.717) is 0 Å². The maximum atomic E-state index is 3.64. The van der Waals surface area contributed by atoms with Crippen LogP contribution >= 0.6 is 11.8 Å². The van der Waals surface area contributed by atoms with Crippen LogP contribution < -0.4 is 5.32 Å². The predicted molar refractivity (Wildman–Crippen MR) is 73.2 cm³/mol. The van der Waals surface area contributed by atoms with Gasteiger partial charge in [0.05, 0.1) is 0 Å². The molecule has 0 bridgehead atoms. The van der Waals surface area contributed by atoms with Gasteiger partial charge in [-0.3, -0.25) is 0 Å². The number of thioether (sulfide) groups is 1. The summed E-state index contributed by atoms with van der Waals surface area (Å²) < 4.78 is 0. The van der Waals surface area contributed by atoms with Crippen LogP contribution in [-0.4, -0.2) is 48.6 Å². The van der Waals surface area contributed by atoms with Crippen molar-refractivity contribution < 1.29 is 0 Å². The molecular formula is C13H26N2S. The van der Waals surface area contributed by atoms with Crippen molar-refractivity contribution in [2.45, 2.75) is 44.7 Å². The molecule has 3 atom stereocenters. The highest BCUT2D eigenvalue weighted by Gasteiger charge is 2.26. The van der Waals surface area contributed by atoms with Gasteiger partial charge < -0.3 is 10.2 Å². The van der Waals surface area contributed by atoms with Gasteiger partial charge in [-0.1, -0.05) is 19.8 Å². The molecule has 2 nitrogen and oxygen atoms in total. The summed E-state index contributed by atoms with van der Waals surface area (Å²) >= 11 is 2.10. The molecule has 1 saturated heterocycles. The van der Waals surface area contributed by atoms with E-state index in [2.05, 4.69) is 35.9 Å². The SMILES string of the molecule is CC1CCCCC1N(C)CC1CSCCN1. The zero-order chi connectivity index (χ0) is 11.4. The first kappa shape index (κ1) is 12.7. The summed E-state index contributed by atoms with van der Waals surface area (Å²) in [7, 11) is 2.33. The molecule has 94 valence electrons. The summed E-state index contributed by atoms with van der Waals surface area (Å²) in [5.74, 6) is 3.49. The standard InChI is InChI=1S/C13H26N2S/c1-11-5-3-4-6-13(11)15(2)9-12-10-16-8-7-14-12/h11-14H,3-10H2,1-2H3. The van der Waals surface area contributed by atoms with Crippen LogP contribution in [0.3, 0.4) is 0 Å². The van der Waals surface area contributed by atoms with Crippen LogP contribution in [0.15, 0.2) is 0 Å². The molecule has 16 heavy (non-hydrogen) atoms. The second kappa shape index (κ2) is 6.27. The lowest BCUT2D eigenvalue weighted by molar-refractivity contribution is 0.130. The molecule has 2 fully saturated rings. The van der Waals surface area contributed by atoms with E-state index in [1.165, 1.54) is 50.3 Å². The van der Waals surface area contributed by atoms with Gasteiger partial charge in [-0.15, -0.1) is 0 Å². The van der Waals surface area contributed by atoms with Crippen molar-refractivity contribution in [3.05, 3.63) is 0 Å². The zero-order valence-electron chi connectivity index (χ0n) is 10.7. The topological polar surface area (TPSA) is 15.3 Å². The highest BCUT2D eigenvalue weighted by molar-refractivity contribution is 7.99. The third-order valence-electron chi connectivity index (χ3n) is 4.14. The van der Waals surface area contributed by atoms with E-state index in [4.69, 9.17) is 0 Å². The van der Waals surface area contributed by atoms with Crippen LogP contribution in [0.4, 0.5) is 0 Å². The van der Waals surface area contributed by atoms with E-state index < -0.39 is 0 Å². The minimum absolute atomic E-state index is 0.720. The van der Waals surface area contributed by atoms with Crippen LogP contribution in [0.25, 0.3) is 0 Å². The van der Waals surface area contributed by atoms with Crippen LogP contribution in [0.5, 0.6) is 0 Å². The molecule has 0 radical (unpaired) electrons. The Kier molecular flexibility index (Phi) is 4.98. The number of nitrogens with one attached hydrogen (secondary N) is 1. The fourth-order valence-corrected chi connectivity index (χ4v) is 4.11. The Morgan fingerprint density at radius 1 is 1.31 bits per heavy atom. The number of likely N-dealkylation sites (N-methyl/N-ethyl adjacent to an activating group) is 1. The van der Waals surface area contributed by atoms with Crippen LogP contribution in [-0.2, 0) is 0 Å². The summed E-state index contributed by atoms with van der Waals surface area (Å²) in [6, 6.07) is 1.56. The molecule has 1 N–H and O–H groups in total. The summed E-state index contributed by atoms with van der Waals surface area (Å²) in [6.07, 6.45) is 5.73. The Balaban J connectivity index is 1.78. The van der Waals surface area contributed by atoms with Gasteiger partial charge in [-0.05, 0) is 25.8 Å². The second-order valence-electron chi connectivity index (χ2n) is 5.49. The Hall–Kier alpha value is 0.270. The number of rotatable bonds is 3. The van der Waals surface area contributed by atoms with Gasteiger partial charge >= 0.3 is 0 Å². The van der Waals surface area contributed by atoms with Crippen LogP contribution in [0, 0.1) is 5.92 Å². The Bertz CT molecular complexity index is 204. The fourth-order valence-electron chi connectivity index (χ4n) is 3.17. The Labute approximate surface area is 105 Å². The lowest BCUT2D eigenvalue weighted by atomic mass is 9.85. The number of hydrogen-bond acceptors (Lipinski definition) is 3. The summed E-state index contributed by atoms with van der Waals surface area (Å²) in [5.41, 5.74) is 0. The largest absolute Gasteiger partial charge is 0.311 e. The van der Waals surface area contributed by atoms with E-state index in [9.17, 15) is 0 Å². The van der Waals surface area contributed by atoms with Crippen molar-refractivity contribution in [1.29, 1.82) is 0 Å². The molecule has 2 aliphatic rings. The van der Waals surface area contributed by atoms with E-state index >= 15 is 0 Å².